The van der Waals surface area contributed by atoms with Crippen LogP contribution in [0.3, 0.4) is 0 Å². The normalized spacial score (nSPS) is 20.0. The molecule has 0 bridgehead atoms. The van der Waals surface area contributed by atoms with Crippen molar-refractivity contribution in [3.8, 4) is 0 Å². The number of aliphatic hydroxyl groups excluding tert-OH is 1. The Bertz CT molecular complexity index is 1120. The average Bonchev–Trinajstić information content (AvgIpc) is 3.14. The fourth-order valence-corrected chi connectivity index (χ4v) is 5.20. The molecule has 0 saturated carbocycles. The summed E-state index contributed by atoms with van der Waals surface area (Å²) in [5.74, 6) is -1.48. The second kappa shape index (κ2) is 9.58. The largest absolute Gasteiger partial charge is 0.451 e. The molecule has 3 rings (SSSR count). The molecule has 2 N–H and O–H groups in total. The van der Waals surface area contributed by atoms with Crippen molar-refractivity contribution in [2.24, 2.45) is 0 Å². The van der Waals surface area contributed by atoms with Crippen molar-refractivity contribution < 1.29 is 27.9 Å². The second-order valence-electron chi connectivity index (χ2n) is 7.80. The van der Waals surface area contributed by atoms with Gasteiger partial charge in [0.15, 0.2) is 6.10 Å². The molecule has 0 spiro atoms. The molecule has 0 aliphatic carbocycles. The number of aliphatic hydroxyl groups is 1. The van der Waals surface area contributed by atoms with E-state index >= 15 is 0 Å². The van der Waals surface area contributed by atoms with Gasteiger partial charge in [-0.1, -0.05) is 17.7 Å². The number of hydrogen-bond donors (Lipinski definition) is 2. The van der Waals surface area contributed by atoms with Crippen LogP contribution in [-0.4, -0.2) is 54.5 Å². The summed E-state index contributed by atoms with van der Waals surface area (Å²) in [7, 11) is -4.05. The van der Waals surface area contributed by atoms with Crippen LogP contribution in [0.15, 0.2) is 47.4 Å². The van der Waals surface area contributed by atoms with Crippen molar-refractivity contribution in [1.82, 2.24) is 4.31 Å². The molecule has 1 heterocycles. The summed E-state index contributed by atoms with van der Waals surface area (Å²) in [4.78, 5) is 25.2. The Morgan fingerprint density at radius 1 is 1.16 bits per heavy atom. The Labute approximate surface area is 192 Å². The summed E-state index contributed by atoms with van der Waals surface area (Å²) in [6.45, 7) is 4.80. The third-order valence-electron chi connectivity index (χ3n) is 5.36. The van der Waals surface area contributed by atoms with Crippen LogP contribution in [0.25, 0.3) is 0 Å². The minimum atomic E-state index is -4.05. The van der Waals surface area contributed by atoms with Gasteiger partial charge in [-0.25, -0.2) is 8.42 Å². The van der Waals surface area contributed by atoms with Crippen molar-refractivity contribution in [1.29, 1.82) is 0 Å². The minimum Gasteiger partial charge on any atom is -0.451 e. The van der Waals surface area contributed by atoms with Gasteiger partial charge < -0.3 is 15.2 Å². The van der Waals surface area contributed by atoms with Crippen molar-refractivity contribution in [3.05, 3.63) is 58.6 Å². The number of rotatable bonds is 6. The lowest BCUT2D eigenvalue weighted by Crippen LogP contribution is -2.43. The Morgan fingerprint density at radius 3 is 2.44 bits per heavy atom. The number of aryl methyl sites for hydroxylation is 2. The molecule has 2 aromatic rings. The van der Waals surface area contributed by atoms with Crippen LogP contribution in [0.1, 0.15) is 24.5 Å². The molecular weight excluding hydrogens is 456 g/mol. The Morgan fingerprint density at radius 2 is 1.81 bits per heavy atom. The highest BCUT2D eigenvalue weighted by Gasteiger charge is 2.45. The van der Waals surface area contributed by atoms with Crippen molar-refractivity contribution in [3.63, 3.8) is 0 Å². The first-order valence-corrected chi connectivity index (χ1v) is 11.8. The maximum Gasteiger partial charge on any atom is 0.325 e. The number of carbonyl (C=O) groups is 2. The van der Waals surface area contributed by atoms with E-state index in [-0.39, 0.29) is 17.9 Å². The van der Waals surface area contributed by atoms with Crippen LogP contribution >= 0.6 is 11.6 Å². The van der Waals surface area contributed by atoms with Gasteiger partial charge in [0.25, 0.3) is 5.91 Å². The van der Waals surface area contributed by atoms with Gasteiger partial charge in [0.2, 0.25) is 10.0 Å². The van der Waals surface area contributed by atoms with Gasteiger partial charge in [0.1, 0.15) is 6.04 Å². The van der Waals surface area contributed by atoms with E-state index in [1.807, 2.05) is 6.92 Å². The third kappa shape index (κ3) is 5.29. The first kappa shape index (κ1) is 24.2. The SMILES string of the molecule is Cc1ccc(S(=O)(=O)N2CC(O)CC2C(=O)OC(C)C(=O)Nc2ccc(Cl)cc2)cc1C. The minimum absolute atomic E-state index is 0.0287. The Kier molecular flexibility index (Phi) is 7.24. The molecule has 2 aromatic carbocycles. The number of carbonyl (C=O) groups excluding carboxylic acids is 2. The number of esters is 1. The Hall–Kier alpha value is -2.46. The molecule has 32 heavy (non-hydrogen) atoms. The maximum atomic E-state index is 13.2. The summed E-state index contributed by atoms with van der Waals surface area (Å²) < 4.78 is 32.5. The number of nitrogens with zero attached hydrogens (tertiary/aromatic N) is 1. The molecule has 3 unspecified atom stereocenters. The number of sulfonamides is 1. The third-order valence-corrected chi connectivity index (χ3v) is 7.49. The summed E-state index contributed by atoms with van der Waals surface area (Å²) in [5.41, 5.74) is 2.19. The van der Waals surface area contributed by atoms with E-state index in [1.165, 1.54) is 19.1 Å². The zero-order valence-electron chi connectivity index (χ0n) is 17.9. The summed E-state index contributed by atoms with van der Waals surface area (Å²) in [6.07, 6.45) is -2.32. The number of amides is 1. The van der Waals surface area contributed by atoms with Crippen molar-refractivity contribution in [2.75, 3.05) is 11.9 Å². The quantitative estimate of drug-likeness (QED) is 0.614. The Balaban J connectivity index is 1.73. The molecule has 1 amide bonds. The number of benzene rings is 2. The molecule has 0 aromatic heterocycles. The van der Waals surface area contributed by atoms with E-state index in [4.69, 9.17) is 16.3 Å². The van der Waals surface area contributed by atoms with E-state index in [0.29, 0.717) is 10.7 Å². The zero-order valence-corrected chi connectivity index (χ0v) is 19.5. The van der Waals surface area contributed by atoms with Gasteiger partial charge in [-0.2, -0.15) is 4.31 Å². The summed E-state index contributed by atoms with van der Waals surface area (Å²) in [5, 5.41) is 13.2. The first-order valence-electron chi connectivity index (χ1n) is 10.0. The smallest absolute Gasteiger partial charge is 0.325 e. The first-order chi connectivity index (χ1) is 15.0. The number of anilines is 1. The van der Waals surface area contributed by atoms with Crippen LogP contribution in [0.4, 0.5) is 5.69 Å². The molecule has 1 aliphatic rings. The van der Waals surface area contributed by atoms with Gasteiger partial charge in [0.05, 0.1) is 11.0 Å². The molecule has 0 radical (unpaired) electrons. The molecule has 1 fully saturated rings. The fraction of sp³-hybridized carbons (Fsp3) is 0.364. The molecule has 3 atom stereocenters. The predicted molar refractivity (Wildman–Crippen MR) is 120 cm³/mol. The number of ether oxygens (including phenoxy) is 1. The van der Waals surface area contributed by atoms with E-state index in [0.717, 1.165) is 15.4 Å². The molecule has 1 aliphatic heterocycles. The lowest BCUT2D eigenvalue weighted by molar-refractivity contribution is -0.156. The average molecular weight is 481 g/mol. The van der Waals surface area contributed by atoms with Crippen LogP contribution in [0, 0.1) is 13.8 Å². The monoisotopic (exact) mass is 480 g/mol. The van der Waals surface area contributed by atoms with Gasteiger partial charge in [-0.15, -0.1) is 0 Å². The highest BCUT2D eigenvalue weighted by atomic mass is 35.5. The van der Waals surface area contributed by atoms with E-state index < -0.39 is 40.1 Å². The standard InChI is InChI=1S/C22H25ClN2O6S/c1-13-4-9-19(10-14(13)2)32(29,30)25-12-18(26)11-20(25)22(28)31-15(3)21(27)24-17-7-5-16(23)6-8-17/h4-10,15,18,20,26H,11-12H2,1-3H3,(H,24,27). The lowest BCUT2D eigenvalue weighted by Gasteiger charge is -2.24. The van der Waals surface area contributed by atoms with Gasteiger partial charge in [0, 0.05) is 23.7 Å². The molecule has 172 valence electrons. The number of β-amino-alcohol motifs (C(OH)–C–C–N with tert-alkyl or cyclic N) is 1. The van der Waals surface area contributed by atoms with Gasteiger partial charge in [-0.05, 0) is 68.3 Å². The van der Waals surface area contributed by atoms with Crippen LogP contribution in [0.5, 0.6) is 0 Å². The van der Waals surface area contributed by atoms with E-state index in [2.05, 4.69) is 5.32 Å². The number of nitrogens with one attached hydrogen (secondary N) is 1. The van der Waals surface area contributed by atoms with Gasteiger partial charge in [-0.3, -0.25) is 9.59 Å². The number of halogens is 1. The topological polar surface area (TPSA) is 113 Å². The molecular formula is C22H25ClN2O6S. The lowest BCUT2D eigenvalue weighted by atomic mass is 10.1. The molecule has 10 heteroatoms. The predicted octanol–water partition coefficient (Wildman–Crippen LogP) is 2.65. The van der Waals surface area contributed by atoms with Crippen LogP contribution in [-0.2, 0) is 24.3 Å². The summed E-state index contributed by atoms with van der Waals surface area (Å²) in [6, 6.07) is 9.84. The van der Waals surface area contributed by atoms with Crippen LogP contribution in [0.2, 0.25) is 5.02 Å². The highest BCUT2D eigenvalue weighted by Crippen LogP contribution is 2.28. The van der Waals surface area contributed by atoms with Crippen molar-refractivity contribution in [2.45, 2.75) is 50.3 Å². The van der Waals surface area contributed by atoms with Crippen LogP contribution < -0.4 is 5.32 Å². The fourth-order valence-electron chi connectivity index (χ4n) is 3.36. The highest BCUT2D eigenvalue weighted by molar-refractivity contribution is 7.89. The second-order valence-corrected chi connectivity index (χ2v) is 10.1. The molecule has 1 saturated heterocycles. The summed E-state index contributed by atoms with van der Waals surface area (Å²) >= 11 is 5.82. The van der Waals surface area contributed by atoms with E-state index in [1.54, 1.807) is 37.3 Å². The maximum absolute atomic E-state index is 13.2. The van der Waals surface area contributed by atoms with E-state index in [9.17, 15) is 23.1 Å². The van der Waals surface area contributed by atoms with Gasteiger partial charge >= 0.3 is 5.97 Å². The van der Waals surface area contributed by atoms with Crippen molar-refractivity contribution >= 4 is 39.2 Å². The zero-order chi connectivity index (χ0) is 23.6. The number of hydrogen-bond acceptors (Lipinski definition) is 6. The molecule has 8 nitrogen and oxygen atoms in total.